The predicted molar refractivity (Wildman–Crippen MR) is 136 cm³/mol. The Morgan fingerprint density at radius 3 is 2.47 bits per heavy atom. The minimum atomic E-state index is -0.123. The van der Waals surface area contributed by atoms with Crippen molar-refractivity contribution in [3.8, 4) is 5.69 Å². The first-order valence-electron chi connectivity index (χ1n) is 12.2. The lowest BCUT2D eigenvalue weighted by atomic mass is 10.1. The molecule has 1 aromatic heterocycles. The molecule has 0 radical (unpaired) electrons. The number of nitrogens with zero attached hydrogens (tertiary/aromatic N) is 4. The van der Waals surface area contributed by atoms with Crippen LogP contribution < -0.4 is 15.8 Å². The van der Waals surface area contributed by atoms with Crippen molar-refractivity contribution in [2.45, 2.75) is 52.1 Å². The molecule has 178 valence electrons. The standard InChI is InChI=1S/C27H33N5O2/c1-18(2)30-11-13-31(14-12-30)21-7-8-23-22(16-21)26(34)32(17-28-23)24-15-20(6-5-19(24)3)25(33)29-27(4)9-10-27/h5-8,15-18H,9-14H2,1-4H3,(H,29,33). The Kier molecular flexibility index (Phi) is 5.68. The molecular weight excluding hydrogens is 426 g/mol. The third-order valence-corrected chi connectivity index (χ3v) is 7.30. The third kappa shape index (κ3) is 4.32. The molecule has 2 fully saturated rings. The number of nitrogens with one attached hydrogen (secondary N) is 1. The smallest absolute Gasteiger partial charge is 0.265 e. The molecule has 1 saturated carbocycles. The number of benzene rings is 2. The molecule has 0 unspecified atom stereocenters. The number of aryl methyl sites for hydroxylation is 1. The monoisotopic (exact) mass is 459 g/mol. The summed E-state index contributed by atoms with van der Waals surface area (Å²) in [6.45, 7) is 12.4. The van der Waals surface area contributed by atoms with Gasteiger partial charge in [-0.05, 0) is 76.4 Å². The number of piperazine rings is 1. The van der Waals surface area contributed by atoms with Gasteiger partial charge in [-0.1, -0.05) is 6.07 Å². The molecule has 5 rings (SSSR count). The molecule has 1 N–H and O–H groups in total. The van der Waals surface area contributed by atoms with Crippen molar-refractivity contribution in [2.75, 3.05) is 31.1 Å². The molecule has 1 aliphatic heterocycles. The van der Waals surface area contributed by atoms with Crippen LogP contribution in [0.5, 0.6) is 0 Å². The second kappa shape index (κ2) is 8.55. The fourth-order valence-electron chi connectivity index (χ4n) is 4.64. The average molecular weight is 460 g/mol. The van der Waals surface area contributed by atoms with Crippen LogP contribution in [0.3, 0.4) is 0 Å². The third-order valence-electron chi connectivity index (χ3n) is 7.30. The minimum absolute atomic E-state index is 0.0967. The number of fused-ring (bicyclic) bond motifs is 1. The topological polar surface area (TPSA) is 70.5 Å². The lowest BCUT2D eigenvalue weighted by Crippen LogP contribution is -2.48. The number of aromatic nitrogens is 2. The zero-order valence-electron chi connectivity index (χ0n) is 20.5. The fourth-order valence-corrected chi connectivity index (χ4v) is 4.64. The van der Waals surface area contributed by atoms with Crippen LogP contribution in [0.4, 0.5) is 5.69 Å². The number of anilines is 1. The van der Waals surface area contributed by atoms with Crippen molar-refractivity contribution in [3.63, 3.8) is 0 Å². The summed E-state index contributed by atoms with van der Waals surface area (Å²) in [5.74, 6) is -0.106. The van der Waals surface area contributed by atoms with Gasteiger partial charge in [-0.3, -0.25) is 19.1 Å². The molecular formula is C27H33N5O2. The zero-order chi connectivity index (χ0) is 24.0. The van der Waals surface area contributed by atoms with Crippen molar-refractivity contribution in [2.24, 2.45) is 0 Å². The van der Waals surface area contributed by atoms with Gasteiger partial charge < -0.3 is 10.2 Å². The van der Waals surface area contributed by atoms with Crippen molar-refractivity contribution in [1.82, 2.24) is 19.8 Å². The normalized spacial score (nSPS) is 17.9. The summed E-state index contributed by atoms with van der Waals surface area (Å²) in [7, 11) is 0. The second-order valence-electron chi connectivity index (χ2n) is 10.3. The largest absolute Gasteiger partial charge is 0.369 e. The molecule has 2 heterocycles. The van der Waals surface area contributed by atoms with E-state index in [0.29, 0.717) is 28.2 Å². The van der Waals surface area contributed by atoms with E-state index >= 15 is 0 Å². The van der Waals surface area contributed by atoms with Gasteiger partial charge in [0.2, 0.25) is 0 Å². The van der Waals surface area contributed by atoms with Crippen molar-refractivity contribution < 1.29 is 4.79 Å². The summed E-state index contributed by atoms with van der Waals surface area (Å²) in [6, 6.07) is 12.0. The van der Waals surface area contributed by atoms with E-state index in [0.717, 1.165) is 50.3 Å². The molecule has 34 heavy (non-hydrogen) atoms. The minimum Gasteiger partial charge on any atom is -0.369 e. The first-order valence-corrected chi connectivity index (χ1v) is 12.2. The lowest BCUT2D eigenvalue weighted by Gasteiger charge is -2.38. The van der Waals surface area contributed by atoms with Crippen molar-refractivity contribution >= 4 is 22.5 Å². The van der Waals surface area contributed by atoms with Crippen LogP contribution in [0.1, 0.15) is 49.5 Å². The molecule has 1 amide bonds. The van der Waals surface area contributed by atoms with Gasteiger partial charge in [0.15, 0.2) is 0 Å². The highest BCUT2D eigenvalue weighted by Gasteiger charge is 2.38. The molecule has 0 bridgehead atoms. The fraction of sp³-hybridized carbons (Fsp3) is 0.444. The maximum atomic E-state index is 13.6. The van der Waals surface area contributed by atoms with Gasteiger partial charge in [0.25, 0.3) is 11.5 Å². The summed E-state index contributed by atoms with van der Waals surface area (Å²) in [6.07, 6.45) is 3.57. The Morgan fingerprint density at radius 2 is 1.79 bits per heavy atom. The van der Waals surface area contributed by atoms with E-state index in [1.807, 2.05) is 31.2 Å². The Labute approximate surface area is 200 Å². The van der Waals surface area contributed by atoms with Gasteiger partial charge in [-0.15, -0.1) is 0 Å². The lowest BCUT2D eigenvalue weighted by molar-refractivity contribution is 0.0935. The summed E-state index contributed by atoms with van der Waals surface area (Å²) in [5, 5.41) is 3.68. The molecule has 1 aliphatic carbocycles. The molecule has 2 aliphatic rings. The molecule has 7 nitrogen and oxygen atoms in total. The Morgan fingerprint density at radius 1 is 1.06 bits per heavy atom. The molecule has 1 saturated heterocycles. The van der Waals surface area contributed by atoms with Crippen LogP contribution in [0.15, 0.2) is 47.5 Å². The highest BCUT2D eigenvalue weighted by atomic mass is 16.2. The van der Waals surface area contributed by atoms with E-state index in [1.165, 1.54) is 0 Å². The van der Waals surface area contributed by atoms with E-state index in [-0.39, 0.29) is 17.0 Å². The Balaban J connectivity index is 1.48. The number of amides is 1. The molecule has 7 heteroatoms. The number of hydrogen-bond donors (Lipinski definition) is 1. The maximum absolute atomic E-state index is 13.6. The van der Waals surface area contributed by atoms with Crippen LogP contribution in [0, 0.1) is 6.92 Å². The summed E-state index contributed by atoms with van der Waals surface area (Å²) >= 11 is 0. The van der Waals surface area contributed by atoms with Crippen LogP contribution >= 0.6 is 0 Å². The highest BCUT2D eigenvalue weighted by Crippen LogP contribution is 2.34. The highest BCUT2D eigenvalue weighted by molar-refractivity contribution is 5.95. The average Bonchev–Trinajstić information content (AvgIpc) is 3.56. The molecule has 0 spiro atoms. The molecule has 3 aromatic rings. The van der Waals surface area contributed by atoms with Gasteiger partial charge in [-0.25, -0.2) is 4.98 Å². The van der Waals surface area contributed by atoms with Crippen molar-refractivity contribution in [3.05, 3.63) is 64.2 Å². The summed E-state index contributed by atoms with van der Waals surface area (Å²) < 4.78 is 1.56. The number of rotatable bonds is 5. The van der Waals surface area contributed by atoms with E-state index in [9.17, 15) is 9.59 Å². The SMILES string of the molecule is Cc1ccc(C(=O)NC2(C)CC2)cc1-n1cnc2ccc(N3CCN(C(C)C)CC3)cc2c1=O. The van der Waals surface area contributed by atoms with E-state index in [1.54, 1.807) is 17.0 Å². The van der Waals surface area contributed by atoms with Crippen LogP contribution in [0.25, 0.3) is 16.6 Å². The van der Waals surface area contributed by atoms with Gasteiger partial charge in [0.1, 0.15) is 6.33 Å². The summed E-state index contributed by atoms with van der Waals surface area (Å²) in [4.78, 5) is 35.7. The van der Waals surface area contributed by atoms with Gasteiger partial charge in [0.05, 0.1) is 16.6 Å². The molecule has 0 atom stereocenters. The van der Waals surface area contributed by atoms with E-state index in [4.69, 9.17) is 0 Å². The van der Waals surface area contributed by atoms with Crippen LogP contribution in [-0.4, -0.2) is 58.1 Å². The van der Waals surface area contributed by atoms with E-state index < -0.39 is 0 Å². The van der Waals surface area contributed by atoms with Gasteiger partial charge in [0, 0.05) is 49.0 Å². The van der Waals surface area contributed by atoms with Crippen molar-refractivity contribution in [1.29, 1.82) is 0 Å². The Bertz CT molecular complexity index is 1300. The quantitative estimate of drug-likeness (QED) is 0.632. The van der Waals surface area contributed by atoms with Gasteiger partial charge >= 0.3 is 0 Å². The maximum Gasteiger partial charge on any atom is 0.265 e. The number of carbonyl (C=O) groups excluding carboxylic acids is 1. The number of carbonyl (C=O) groups is 1. The first kappa shape index (κ1) is 22.6. The second-order valence-corrected chi connectivity index (χ2v) is 10.3. The predicted octanol–water partition coefficient (Wildman–Crippen LogP) is 3.51. The first-order chi connectivity index (χ1) is 16.2. The molecule has 2 aromatic carbocycles. The Hall–Kier alpha value is -3.19. The van der Waals surface area contributed by atoms with E-state index in [2.05, 4.69) is 46.9 Å². The zero-order valence-corrected chi connectivity index (χ0v) is 20.5. The van der Waals surface area contributed by atoms with Gasteiger partial charge in [-0.2, -0.15) is 0 Å². The van der Waals surface area contributed by atoms with Crippen LogP contribution in [-0.2, 0) is 0 Å². The number of hydrogen-bond acceptors (Lipinski definition) is 5. The summed E-state index contributed by atoms with van der Waals surface area (Å²) in [5.41, 5.74) is 3.66. The van der Waals surface area contributed by atoms with Crippen LogP contribution in [0.2, 0.25) is 0 Å².